The lowest BCUT2D eigenvalue weighted by Crippen LogP contribution is -2.40. The maximum Gasteiger partial charge on any atom is 0.269 e. The maximum absolute atomic E-state index is 12.5. The Kier molecular flexibility index (Phi) is 4.62. The molecule has 2 aromatic rings. The highest BCUT2D eigenvalue weighted by Gasteiger charge is 2.22. The molecule has 5 heteroatoms. The number of carbonyl (C=O) groups is 1. The van der Waals surface area contributed by atoms with E-state index >= 15 is 0 Å². The van der Waals surface area contributed by atoms with Crippen LogP contribution in [0.4, 0.5) is 0 Å². The molecule has 3 rings (SSSR count). The first kappa shape index (κ1) is 15.3. The zero-order valence-corrected chi connectivity index (χ0v) is 13.7. The molecule has 1 fully saturated rings. The topological polar surface area (TPSA) is 51.1 Å². The summed E-state index contributed by atoms with van der Waals surface area (Å²) in [6, 6.07) is 7.33. The van der Waals surface area contributed by atoms with E-state index in [4.69, 9.17) is 0 Å². The van der Waals surface area contributed by atoms with E-state index in [-0.39, 0.29) is 17.5 Å². The van der Waals surface area contributed by atoms with E-state index in [9.17, 15) is 9.59 Å². The lowest BCUT2D eigenvalue weighted by molar-refractivity contribution is -0.124. The highest BCUT2D eigenvalue weighted by atomic mass is 32.1. The number of hydrogen-bond donors (Lipinski definition) is 1. The molecule has 0 spiro atoms. The zero-order valence-electron chi connectivity index (χ0n) is 12.9. The number of nitrogens with one attached hydrogen (secondary N) is 1. The molecule has 1 aliphatic rings. The smallest absolute Gasteiger partial charge is 0.269 e. The van der Waals surface area contributed by atoms with Gasteiger partial charge >= 0.3 is 0 Å². The van der Waals surface area contributed by atoms with Crippen molar-refractivity contribution in [3.8, 4) is 0 Å². The van der Waals surface area contributed by atoms with E-state index in [1.807, 2.05) is 31.2 Å². The fourth-order valence-electron chi connectivity index (χ4n) is 3.10. The van der Waals surface area contributed by atoms with Gasteiger partial charge in [0, 0.05) is 6.04 Å². The largest absolute Gasteiger partial charge is 0.352 e. The standard InChI is InChI=1S/C17H22N2O2S/c1-12(16(20)18-13-8-4-2-3-5-9-13)19-17(21)14-10-6-7-11-15(14)22-19/h6-7,10-13H,2-5,8-9H2,1H3,(H,18,20). The molecule has 1 heterocycles. The third-order valence-corrected chi connectivity index (χ3v) is 5.68. The highest BCUT2D eigenvalue weighted by molar-refractivity contribution is 7.14. The first-order valence-electron chi connectivity index (χ1n) is 8.08. The molecule has 0 bridgehead atoms. The van der Waals surface area contributed by atoms with Gasteiger partial charge in [0.15, 0.2) is 0 Å². The summed E-state index contributed by atoms with van der Waals surface area (Å²) < 4.78 is 2.53. The minimum absolute atomic E-state index is 0.0412. The molecule has 4 nitrogen and oxygen atoms in total. The number of rotatable bonds is 3. The highest BCUT2D eigenvalue weighted by Crippen LogP contribution is 2.21. The Balaban J connectivity index is 1.76. The van der Waals surface area contributed by atoms with Crippen LogP contribution in [0.1, 0.15) is 51.5 Å². The average Bonchev–Trinajstić information content (AvgIpc) is 2.70. The Morgan fingerprint density at radius 3 is 2.59 bits per heavy atom. The van der Waals surface area contributed by atoms with Crippen LogP contribution in [0.2, 0.25) is 0 Å². The van der Waals surface area contributed by atoms with E-state index in [1.54, 1.807) is 3.96 Å². The number of aromatic nitrogens is 1. The first-order chi connectivity index (χ1) is 10.7. The second kappa shape index (κ2) is 6.65. The van der Waals surface area contributed by atoms with E-state index in [0.29, 0.717) is 5.39 Å². The van der Waals surface area contributed by atoms with Crippen molar-refractivity contribution < 1.29 is 4.79 Å². The number of hydrogen-bond acceptors (Lipinski definition) is 3. The predicted octanol–water partition coefficient (Wildman–Crippen LogP) is 3.46. The number of benzene rings is 1. The van der Waals surface area contributed by atoms with Crippen LogP contribution >= 0.6 is 11.5 Å². The predicted molar refractivity (Wildman–Crippen MR) is 90.4 cm³/mol. The summed E-state index contributed by atoms with van der Waals surface area (Å²) in [4.78, 5) is 24.9. The number of carbonyl (C=O) groups excluding carboxylic acids is 1. The van der Waals surface area contributed by atoms with Crippen LogP contribution in [-0.4, -0.2) is 15.9 Å². The SMILES string of the molecule is CC(C(=O)NC1CCCCCC1)n1sc2ccccc2c1=O. The quantitative estimate of drug-likeness (QED) is 0.881. The molecule has 1 aromatic heterocycles. The Morgan fingerprint density at radius 1 is 1.23 bits per heavy atom. The summed E-state index contributed by atoms with van der Waals surface area (Å²) in [5.74, 6) is -0.0412. The van der Waals surface area contributed by atoms with Crippen LogP contribution in [0.15, 0.2) is 29.1 Å². The van der Waals surface area contributed by atoms with Crippen LogP contribution in [0.25, 0.3) is 10.1 Å². The second-order valence-corrected chi connectivity index (χ2v) is 7.11. The Hall–Kier alpha value is -1.62. The van der Waals surface area contributed by atoms with Crippen molar-refractivity contribution in [1.29, 1.82) is 0 Å². The molecule has 1 unspecified atom stereocenters. The Morgan fingerprint density at radius 2 is 1.91 bits per heavy atom. The van der Waals surface area contributed by atoms with Gasteiger partial charge in [-0.3, -0.25) is 13.5 Å². The van der Waals surface area contributed by atoms with Crippen LogP contribution in [0.5, 0.6) is 0 Å². The molecule has 1 aliphatic carbocycles. The molecule has 0 radical (unpaired) electrons. The molecule has 1 saturated carbocycles. The Bertz CT molecular complexity index is 711. The molecular weight excluding hydrogens is 296 g/mol. The zero-order chi connectivity index (χ0) is 15.5. The summed E-state index contributed by atoms with van der Waals surface area (Å²) >= 11 is 1.37. The van der Waals surface area contributed by atoms with Crippen molar-refractivity contribution >= 4 is 27.5 Å². The first-order valence-corrected chi connectivity index (χ1v) is 8.85. The van der Waals surface area contributed by atoms with Crippen LogP contribution < -0.4 is 10.9 Å². The van der Waals surface area contributed by atoms with Gasteiger partial charge in [-0.05, 0) is 31.9 Å². The minimum Gasteiger partial charge on any atom is -0.352 e. The summed E-state index contributed by atoms with van der Waals surface area (Å²) in [6.45, 7) is 1.81. The third-order valence-electron chi connectivity index (χ3n) is 4.45. The fraction of sp³-hybridized carbons (Fsp3) is 0.529. The summed E-state index contributed by atoms with van der Waals surface area (Å²) in [6.07, 6.45) is 7.00. The van der Waals surface area contributed by atoms with Gasteiger partial charge in [-0.1, -0.05) is 49.3 Å². The van der Waals surface area contributed by atoms with Gasteiger partial charge in [0.25, 0.3) is 5.56 Å². The van der Waals surface area contributed by atoms with Crippen molar-refractivity contribution in [2.24, 2.45) is 0 Å². The molecule has 118 valence electrons. The van der Waals surface area contributed by atoms with E-state index in [1.165, 1.54) is 37.2 Å². The van der Waals surface area contributed by atoms with Crippen molar-refractivity contribution in [3.05, 3.63) is 34.6 Å². The second-order valence-electron chi connectivity index (χ2n) is 6.09. The van der Waals surface area contributed by atoms with Gasteiger partial charge in [-0.15, -0.1) is 0 Å². The number of fused-ring (bicyclic) bond motifs is 1. The van der Waals surface area contributed by atoms with Crippen molar-refractivity contribution in [2.75, 3.05) is 0 Å². The van der Waals surface area contributed by atoms with Gasteiger partial charge in [0.1, 0.15) is 6.04 Å². The monoisotopic (exact) mass is 318 g/mol. The summed E-state index contributed by atoms with van der Waals surface area (Å²) in [7, 11) is 0. The summed E-state index contributed by atoms with van der Waals surface area (Å²) in [5, 5.41) is 3.83. The van der Waals surface area contributed by atoms with E-state index in [2.05, 4.69) is 5.32 Å². The molecule has 0 aliphatic heterocycles. The molecule has 0 saturated heterocycles. The van der Waals surface area contributed by atoms with Crippen molar-refractivity contribution in [3.63, 3.8) is 0 Å². The lowest BCUT2D eigenvalue weighted by atomic mass is 10.1. The van der Waals surface area contributed by atoms with Crippen LogP contribution in [-0.2, 0) is 4.79 Å². The normalized spacial score (nSPS) is 18.0. The maximum atomic E-state index is 12.5. The minimum atomic E-state index is -0.451. The average molecular weight is 318 g/mol. The van der Waals surface area contributed by atoms with Gasteiger partial charge in [-0.2, -0.15) is 0 Å². The molecule has 1 atom stereocenters. The van der Waals surface area contributed by atoms with Gasteiger partial charge in [0.2, 0.25) is 5.91 Å². The van der Waals surface area contributed by atoms with Crippen LogP contribution in [0.3, 0.4) is 0 Å². The third kappa shape index (κ3) is 3.09. The number of amides is 1. The van der Waals surface area contributed by atoms with E-state index < -0.39 is 6.04 Å². The Labute approximate surface area is 134 Å². The lowest BCUT2D eigenvalue weighted by Gasteiger charge is -2.19. The van der Waals surface area contributed by atoms with Crippen molar-refractivity contribution in [2.45, 2.75) is 57.5 Å². The van der Waals surface area contributed by atoms with Gasteiger partial charge in [-0.25, -0.2) is 0 Å². The molecule has 1 aromatic carbocycles. The van der Waals surface area contributed by atoms with Crippen molar-refractivity contribution in [1.82, 2.24) is 9.27 Å². The molecule has 1 amide bonds. The van der Waals surface area contributed by atoms with Gasteiger partial charge < -0.3 is 5.32 Å². The summed E-state index contributed by atoms with van der Waals surface area (Å²) in [5.41, 5.74) is -0.0656. The van der Waals surface area contributed by atoms with Gasteiger partial charge in [0.05, 0.1) is 10.1 Å². The van der Waals surface area contributed by atoms with Crippen LogP contribution in [0, 0.1) is 0 Å². The fourth-order valence-corrected chi connectivity index (χ4v) is 4.14. The number of nitrogens with zero attached hydrogens (tertiary/aromatic N) is 1. The molecule has 22 heavy (non-hydrogen) atoms. The molecule has 1 N–H and O–H groups in total. The molecular formula is C17H22N2O2S. The van der Waals surface area contributed by atoms with E-state index in [0.717, 1.165) is 17.5 Å².